The second-order valence-corrected chi connectivity index (χ2v) is 11.0. The van der Waals surface area contributed by atoms with Crippen LogP contribution in [0.3, 0.4) is 0 Å². The van der Waals surface area contributed by atoms with Crippen LogP contribution >= 0.6 is 11.6 Å². The van der Waals surface area contributed by atoms with Gasteiger partial charge >= 0.3 is 0 Å². The predicted molar refractivity (Wildman–Crippen MR) is 149 cm³/mol. The fraction of sp³-hybridized carbons (Fsp3) is 0.500. The van der Waals surface area contributed by atoms with E-state index in [4.69, 9.17) is 16.6 Å². The van der Waals surface area contributed by atoms with E-state index in [2.05, 4.69) is 20.5 Å². The van der Waals surface area contributed by atoms with Crippen molar-refractivity contribution in [2.24, 2.45) is 0 Å². The summed E-state index contributed by atoms with van der Waals surface area (Å²) in [6.45, 7) is 4.07. The van der Waals surface area contributed by atoms with Gasteiger partial charge in [0.05, 0.1) is 16.9 Å². The van der Waals surface area contributed by atoms with Crippen molar-refractivity contribution in [3.63, 3.8) is 0 Å². The lowest BCUT2D eigenvalue weighted by molar-refractivity contribution is -0.128. The maximum atomic E-state index is 12.8. The number of anilines is 2. The second-order valence-electron chi connectivity index (χ2n) is 10.6. The summed E-state index contributed by atoms with van der Waals surface area (Å²) in [5.41, 5.74) is 2.21. The number of hydrogen-bond donors (Lipinski definition) is 2. The van der Waals surface area contributed by atoms with Crippen LogP contribution in [0.4, 0.5) is 11.6 Å². The quantitative estimate of drug-likeness (QED) is 0.524. The Bertz CT molecular complexity index is 1200. The zero-order valence-electron chi connectivity index (χ0n) is 22.1. The number of fused-ring (bicyclic) bond motifs is 1. The third-order valence-electron chi connectivity index (χ3n) is 7.69. The Labute approximate surface area is 229 Å². The molecule has 1 aromatic heterocycles. The van der Waals surface area contributed by atoms with Crippen LogP contribution in [0.2, 0.25) is 5.02 Å². The third-order valence-corrected chi connectivity index (χ3v) is 7.98. The van der Waals surface area contributed by atoms with Crippen LogP contribution in [-0.2, 0) is 9.59 Å². The highest BCUT2D eigenvalue weighted by molar-refractivity contribution is 6.31. The summed E-state index contributed by atoms with van der Waals surface area (Å²) in [7, 11) is 3.98. The molecule has 9 nitrogen and oxygen atoms in total. The van der Waals surface area contributed by atoms with Crippen LogP contribution in [0.15, 0.2) is 42.6 Å². The van der Waals surface area contributed by atoms with Crippen molar-refractivity contribution in [3.8, 4) is 0 Å². The van der Waals surface area contributed by atoms with Gasteiger partial charge in [0.15, 0.2) is 0 Å². The minimum absolute atomic E-state index is 0.101. The fourth-order valence-corrected chi connectivity index (χ4v) is 5.92. The summed E-state index contributed by atoms with van der Waals surface area (Å²) in [6.07, 6.45) is 9.52. The van der Waals surface area contributed by atoms with Crippen LogP contribution in [0, 0.1) is 0 Å². The van der Waals surface area contributed by atoms with Crippen LogP contribution in [-0.4, -0.2) is 95.4 Å². The van der Waals surface area contributed by atoms with Crippen molar-refractivity contribution < 1.29 is 9.59 Å². The van der Waals surface area contributed by atoms with Gasteiger partial charge in [-0.15, -0.1) is 0 Å². The highest BCUT2D eigenvalue weighted by Gasteiger charge is 2.35. The molecule has 3 heterocycles. The molecule has 5 rings (SSSR count). The maximum Gasteiger partial charge on any atom is 0.246 e. The number of hydrogen-bond acceptors (Lipinski definition) is 7. The van der Waals surface area contributed by atoms with Crippen molar-refractivity contribution in [2.45, 2.75) is 43.7 Å². The molecule has 3 aliphatic rings. The number of nitrogens with zero attached hydrogens (tertiary/aromatic N) is 5. The van der Waals surface area contributed by atoms with Gasteiger partial charge in [-0.25, -0.2) is 9.97 Å². The molecule has 1 aliphatic carbocycles. The summed E-state index contributed by atoms with van der Waals surface area (Å²) in [5, 5.41) is 6.84. The Kier molecular flexibility index (Phi) is 8.26. The SMILES string of the molecule is CN(C)CC=CC(=O)N1CCN([C@H]2CCC[C@@H](Nc3ncc(Cl)c(C4C(=O)Nc5ccccc54)n3)C2)CC1. The minimum atomic E-state index is -0.543. The number of rotatable bonds is 7. The first-order valence-electron chi connectivity index (χ1n) is 13.4. The first-order valence-corrected chi connectivity index (χ1v) is 13.8. The van der Waals surface area contributed by atoms with Gasteiger partial charge in [0.1, 0.15) is 5.92 Å². The molecule has 0 bridgehead atoms. The third kappa shape index (κ3) is 6.00. The molecule has 2 N–H and O–H groups in total. The molecule has 0 radical (unpaired) electrons. The first-order chi connectivity index (χ1) is 18.4. The van der Waals surface area contributed by atoms with E-state index in [1.807, 2.05) is 54.2 Å². The Hall–Kier alpha value is -3.01. The van der Waals surface area contributed by atoms with Gasteiger partial charge in [-0.2, -0.15) is 0 Å². The van der Waals surface area contributed by atoms with Gasteiger partial charge < -0.3 is 20.4 Å². The van der Waals surface area contributed by atoms with E-state index in [1.165, 1.54) is 0 Å². The van der Waals surface area contributed by atoms with E-state index >= 15 is 0 Å². The largest absolute Gasteiger partial charge is 0.351 e. The Balaban J connectivity index is 1.19. The van der Waals surface area contributed by atoms with Gasteiger partial charge in [0, 0.05) is 56.6 Å². The summed E-state index contributed by atoms with van der Waals surface area (Å²) >= 11 is 6.48. The molecular weight excluding hydrogens is 502 g/mol. The number of likely N-dealkylation sites (N-methyl/N-ethyl adjacent to an activating group) is 1. The molecule has 2 fully saturated rings. The van der Waals surface area contributed by atoms with Crippen LogP contribution in [0.1, 0.15) is 42.9 Å². The number of carbonyl (C=O) groups is 2. The van der Waals surface area contributed by atoms with Crippen molar-refractivity contribution in [2.75, 3.05) is 57.5 Å². The summed E-state index contributed by atoms with van der Waals surface area (Å²) in [6, 6.07) is 8.34. The molecule has 3 atom stereocenters. The number of nitrogens with one attached hydrogen (secondary N) is 2. The first kappa shape index (κ1) is 26.6. The molecule has 0 spiro atoms. The monoisotopic (exact) mass is 537 g/mol. The fourth-order valence-electron chi connectivity index (χ4n) is 5.72. The van der Waals surface area contributed by atoms with Crippen molar-refractivity contribution >= 4 is 35.1 Å². The molecule has 1 unspecified atom stereocenters. The topological polar surface area (TPSA) is 93.7 Å². The number of halogens is 1. The van der Waals surface area contributed by atoms with Gasteiger partial charge in [0.25, 0.3) is 0 Å². The number of piperazine rings is 1. The maximum absolute atomic E-state index is 12.8. The van der Waals surface area contributed by atoms with Crippen LogP contribution in [0.25, 0.3) is 0 Å². The van der Waals surface area contributed by atoms with Crippen LogP contribution in [0.5, 0.6) is 0 Å². The average molecular weight is 538 g/mol. The van der Waals surface area contributed by atoms with Gasteiger partial charge in [-0.05, 0) is 51.4 Å². The van der Waals surface area contributed by atoms with E-state index < -0.39 is 5.92 Å². The molecule has 202 valence electrons. The van der Waals surface area contributed by atoms with E-state index in [0.29, 0.717) is 22.7 Å². The van der Waals surface area contributed by atoms with E-state index in [0.717, 1.165) is 69.7 Å². The van der Waals surface area contributed by atoms with E-state index in [1.54, 1.807) is 12.3 Å². The Morgan fingerprint density at radius 1 is 1.21 bits per heavy atom. The molecular formula is C28H36ClN7O2. The summed E-state index contributed by atoms with van der Waals surface area (Å²) in [4.78, 5) is 40.9. The predicted octanol–water partition coefficient (Wildman–Crippen LogP) is 3.20. The Morgan fingerprint density at radius 2 is 2.00 bits per heavy atom. The standard InChI is InChI=1S/C28H36ClN7O2/c1-34(2)12-6-11-24(37)36-15-13-35(14-16-36)20-8-5-7-19(17-20)31-28-30-18-22(29)26(33-28)25-21-9-3-4-10-23(21)32-27(25)38/h3-4,6,9-11,18-20,25H,5,7-8,12-17H2,1-2H3,(H,32,38)(H,30,31,33)/t19-,20+,25?/m1/s1. The van der Waals surface area contributed by atoms with Crippen LogP contribution < -0.4 is 10.6 Å². The number of para-hydroxylation sites is 1. The lowest BCUT2D eigenvalue weighted by atomic mass is 9.89. The molecule has 38 heavy (non-hydrogen) atoms. The minimum Gasteiger partial charge on any atom is -0.351 e. The molecule has 2 aromatic rings. The number of benzene rings is 1. The number of carbonyl (C=O) groups excluding carboxylic acids is 2. The zero-order valence-corrected chi connectivity index (χ0v) is 22.8. The van der Waals surface area contributed by atoms with Crippen molar-refractivity contribution in [3.05, 3.63) is 58.9 Å². The normalized spacial score (nSPS) is 24.1. The van der Waals surface area contributed by atoms with Gasteiger partial charge in [-0.3, -0.25) is 14.5 Å². The van der Waals surface area contributed by atoms with Crippen molar-refractivity contribution in [1.29, 1.82) is 0 Å². The average Bonchev–Trinajstić information content (AvgIpc) is 3.25. The van der Waals surface area contributed by atoms with Crippen molar-refractivity contribution in [1.82, 2.24) is 24.7 Å². The molecule has 10 heteroatoms. The lowest BCUT2D eigenvalue weighted by Gasteiger charge is -2.42. The summed E-state index contributed by atoms with van der Waals surface area (Å²) in [5.74, 6) is -0.0597. The van der Waals surface area contributed by atoms with E-state index in [9.17, 15) is 9.59 Å². The molecule has 1 aromatic carbocycles. The summed E-state index contributed by atoms with van der Waals surface area (Å²) < 4.78 is 0. The Morgan fingerprint density at radius 3 is 2.79 bits per heavy atom. The lowest BCUT2D eigenvalue weighted by Crippen LogP contribution is -2.53. The molecule has 1 saturated carbocycles. The molecule has 1 saturated heterocycles. The zero-order chi connectivity index (χ0) is 26.6. The number of aromatic nitrogens is 2. The highest BCUT2D eigenvalue weighted by atomic mass is 35.5. The molecule has 2 amide bonds. The van der Waals surface area contributed by atoms with E-state index in [-0.39, 0.29) is 17.9 Å². The van der Waals surface area contributed by atoms with Gasteiger partial charge in [-0.1, -0.05) is 35.9 Å². The smallest absolute Gasteiger partial charge is 0.246 e. The highest BCUT2D eigenvalue weighted by Crippen LogP contribution is 2.39. The molecule has 2 aliphatic heterocycles. The van der Waals surface area contributed by atoms with Gasteiger partial charge in [0.2, 0.25) is 17.8 Å². The second kappa shape index (κ2) is 11.8. The number of amides is 2.